The smallest absolute Gasteiger partial charge is 0.251 e. The van der Waals surface area contributed by atoms with E-state index in [9.17, 15) is 9.59 Å². The lowest BCUT2D eigenvalue weighted by Crippen LogP contribution is -2.45. The fourth-order valence-electron chi connectivity index (χ4n) is 3.25. The first kappa shape index (κ1) is 26.2. The predicted octanol–water partition coefficient (Wildman–Crippen LogP) is 2.75. The van der Waals surface area contributed by atoms with Crippen LogP contribution in [0.1, 0.15) is 56.5 Å². The van der Waals surface area contributed by atoms with Gasteiger partial charge in [-0.25, -0.2) is 0 Å². The van der Waals surface area contributed by atoms with Gasteiger partial charge in [-0.05, 0) is 37.5 Å². The third kappa shape index (κ3) is 7.77. The first-order valence-electron chi connectivity index (χ1n) is 10.5. The molecule has 1 heterocycles. The van der Waals surface area contributed by atoms with Crippen LogP contribution < -0.4 is 16.0 Å². The molecule has 2 rings (SSSR count). The summed E-state index contributed by atoms with van der Waals surface area (Å²) in [6, 6.07) is 7.95. The van der Waals surface area contributed by atoms with Crippen LogP contribution in [0.25, 0.3) is 0 Å². The zero-order valence-corrected chi connectivity index (χ0v) is 21.0. The first-order valence-corrected chi connectivity index (χ1v) is 10.5. The van der Waals surface area contributed by atoms with Crippen molar-refractivity contribution in [3.8, 4) is 0 Å². The summed E-state index contributed by atoms with van der Waals surface area (Å²) in [6.07, 6.45) is 1.81. The van der Waals surface area contributed by atoms with E-state index in [4.69, 9.17) is 0 Å². The van der Waals surface area contributed by atoms with Gasteiger partial charge in [-0.15, -0.1) is 24.0 Å². The molecule has 1 fully saturated rings. The zero-order chi connectivity index (χ0) is 21.4. The molecule has 1 aliphatic heterocycles. The molecule has 2 unspecified atom stereocenters. The van der Waals surface area contributed by atoms with E-state index in [1.807, 2.05) is 56.9 Å². The van der Waals surface area contributed by atoms with Gasteiger partial charge in [-0.3, -0.25) is 14.6 Å². The maximum Gasteiger partial charge on any atom is 0.251 e. The van der Waals surface area contributed by atoms with E-state index < -0.39 is 0 Å². The summed E-state index contributed by atoms with van der Waals surface area (Å²) in [6.45, 7) is 9.94. The van der Waals surface area contributed by atoms with Crippen molar-refractivity contribution in [3.05, 3.63) is 35.4 Å². The van der Waals surface area contributed by atoms with Crippen molar-refractivity contribution >= 4 is 41.8 Å². The number of rotatable bonds is 7. The Morgan fingerprint density at radius 1 is 1.27 bits per heavy atom. The van der Waals surface area contributed by atoms with E-state index >= 15 is 0 Å². The Hall–Kier alpha value is -1.84. The first-order chi connectivity index (χ1) is 13.8. The molecule has 2 amide bonds. The van der Waals surface area contributed by atoms with Crippen LogP contribution in [0.4, 0.5) is 0 Å². The van der Waals surface area contributed by atoms with Gasteiger partial charge in [-0.2, -0.15) is 0 Å². The van der Waals surface area contributed by atoms with Gasteiger partial charge in [0, 0.05) is 50.2 Å². The Balaban J connectivity index is 0.00000450. The summed E-state index contributed by atoms with van der Waals surface area (Å²) in [5.41, 5.74) is 1.67. The minimum Gasteiger partial charge on any atom is -0.352 e. The molecule has 0 aliphatic carbocycles. The summed E-state index contributed by atoms with van der Waals surface area (Å²) in [4.78, 5) is 30.7. The average Bonchev–Trinajstić information content (AvgIpc) is 3.18. The van der Waals surface area contributed by atoms with Crippen LogP contribution in [0.3, 0.4) is 0 Å². The molecule has 1 aromatic rings. The van der Waals surface area contributed by atoms with Crippen molar-refractivity contribution in [3.63, 3.8) is 0 Å². The number of aliphatic imine (C=N–C) groups is 1. The lowest BCUT2D eigenvalue weighted by molar-refractivity contribution is -0.133. The Morgan fingerprint density at radius 2 is 2.00 bits per heavy atom. The summed E-state index contributed by atoms with van der Waals surface area (Å²) in [7, 11) is 1.73. The number of likely N-dealkylation sites (tertiary alicyclic amines) is 1. The monoisotopic (exact) mass is 529 g/mol. The molecule has 1 aliphatic rings. The molecule has 30 heavy (non-hydrogen) atoms. The van der Waals surface area contributed by atoms with Gasteiger partial charge in [0.25, 0.3) is 5.91 Å². The Kier molecular flexibility index (Phi) is 11.1. The van der Waals surface area contributed by atoms with E-state index in [0.717, 1.165) is 24.9 Å². The molecule has 7 nitrogen and oxygen atoms in total. The number of nitrogens with zero attached hydrogens (tertiary/aromatic N) is 2. The highest BCUT2D eigenvalue weighted by molar-refractivity contribution is 14.0. The standard InChI is InChI=1S/C22H35N5O2.HI/c1-6-16(4)25-20(28)18-9-7-8-17(12-18)13-24-22(23-5)26-19-10-11-27(14-19)21(29)15(2)3;/h7-9,12,15-16,19H,6,10-11,13-14H2,1-5H3,(H,25,28)(H2,23,24,26);1H. The highest BCUT2D eigenvalue weighted by Gasteiger charge is 2.27. The highest BCUT2D eigenvalue weighted by atomic mass is 127. The number of carbonyl (C=O) groups excluding carboxylic acids is 2. The van der Waals surface area contributed by atoms with Crippen LogP contribution in [0, 0.1) is 5.92 Å². The number of nitrogens with one attached hydrogen (secondary N) is 3. The number of guanidine groups is 1. The molecule has 2 atom stereocenters. The fraction of sp³-hybridized carbons (Fsp3) is 0.591. The topological polar surface area (TPSA) is 85.8 Å². The maximum atomic E-state index is 12.3. The van der Waals surface area contributed by atoms with E-state index in [1.54, 1.807) is 7.05 Å². The SMILES string of the molecule is CCC(C)NC(=O)c1cccc(CNC(=NC)NC2CCN(C(=O)C(C)C)C2)c1.I. The summed E-state index contributed by atoms with van der Waals surface area (Å²) in [5, 5.41) is 9.69. The van der Waals surface area contributed by atoms with Gasteiger partial charge in [0.2, 0.25) is 5.91 Å². The molecular weight excluding hydrogens is 493 g/mol. The van der Waals surface area contributed by atoms with Gasteiger partial charge in [0.1, 0.15) is 0 Å². The molecule has 168 valence electrons. The molecule has 0 radical (unpaired) electrons. The van der Waals surface area contributed by atoms with Crippen LogP contribution in [0.15, 0.2) is 29.3 Å². The van der Waals surface area contributed by atoms with Crippen molar-refractivity contribution in [2.45, 2.75) is 59.2 Å². The lowest BCUT2D eigenvalue weighted by atomic mass is 10.1. The number of benzene rings is 1. The molecular formula is C22H36IN5O2. The molecule has 1 saturated heterocycles. The second kappa shape index (κ2) is 12.8. The average molecular weight is 529 g/mol. The Labute approximate surface area is 197 Å². The molecule has 0 saturated carbocycles. The van der Waals surface area contributed by atoms with Crippen molar-refractivity contribution in [2.24, 2.45) is 10.9 Å². The van der Waals surface area contributed by atoms with E-state index in [2.05, 4.69) is 20.9 Å². The molecule has 3 N–H and O–H groups in total. The zero-order valence-electron chi connectivity index (χ0n) is 18.7. The largest absolute Gasteiger partial charge is 0.352 e. The third-order valence-corrected chi connectivity index (χ3v) is 5.20. The van der Waals surface area contributed by atoms with Crippen molar-refractivity contribution in [2.75, 3.05) is 20.1 Å². The van der Waals surface area contributed by atoms with Gasteiger partial charge in [0.05, 0.1) is 0 Å². The normalized spacial score (nSPS) is 17.3. The Bertz CT molecular complexity index is 738. The van der Waals surface area contributed by atoms with E-state index in [0.29, 0.717) is 24.6 Å². The molecule has 0 aromatic heterocycles. The molecule has 0 bridgehead atoms. The number of halogens is 1. The minimum atomic E-state index is -0.0513. The van der Waals surface area contributed by atoms with Crippen molar-refractivity contribution in [1.82, 2.24) is 20.9 Å². The van der Waals surface area contributed by atoms with Crippen LogP contribution in [-0.4, -0.2) is 54.9 Å². The highest BCUT2D eigenvalue weighted by Crippen LogP contribution is 2.13. The van der Waals surface area contributed by atoms with E-state index in [1.165, 1.54) is 0 Å². The Morgan fingerprint density at radius 3 is 2.63 bits per heavy atom. The third-order valence-electron chi connectivity index (χ3n) is 5.20. The van der Waals surface area contributed by atoms with Gasteiger partial charge < -0.3 is 20.9 Å². The van der Waals surface area contributed by atoms with E-state index in [-0.39, 0.29) is 53.8 Å². The quantitative estimate of drug-likeness (QED) is 0.288. The van der Waals surface area contributed by atoms with Crippen LogP contribution >= 0.6 is 24.0 Å². The summed E-state index contributed by atoms with van der Waals surface area (Å²) < 4.78 is 0. The number of hydrogen-bond acceptors (Lipinski definition) is 3. The van der Waals surface area contributed by atoms with Crippen molar-refractivity contribution < 1.29 is 9.59 Å². The summed E-state index contributed by atoms with van der Waals surface area (Å²) in [5.74, 6) is 0.869. The van der Waals surface area contributed by atoms with Gasteiger partial charge in [-0.1, -0.05) is 32.9 Å². The summed E-state index contributed by atoms with van der Waals surface area (Å²) >= 11 is 0. The minimum absolute atomic E-state index is 0. The lowest BCUT2D eigenvalue weighted by Gasteiger charge is -2.20. The van der Waals surface area contributed by atoms with Gasteiger partial charge in [0.15, 0.2) is 5.96 Å². The number of amides is 2. The van der Waals surface area contributed by atoms with Crippen molar-refractivity contribution in [1.29, 1.82) is 0 Å². The van der Waals surface area contributed by atoms with Crippen LogP contribution in [0.2, 0.25) is 0 Å². The maximum absolute atomic E-state index is 12.3. The predicted molar refractivity (Wildman–Crippen MR) is 132 cm³/mol. The number of carbonyl (C=O) groups is 2. The second-order valence-electron chi connectivity index (χ2n) is 7.98. The van der Waals surface area contributed by atoms with Crippen LogP contribution in [-0.2, 0) is 11.3 Å². The van der Waals surface area contributed by atoms with Crippen LogP contribution in [0.5, 0.6) is 0 Å². The molecule has 8 heteroatoms. The fourth-order valence-corrected chi connectivity index (χ4v) is 3.25. The number of hydrogen-bond donors (Lipinski definition) is 3. The molecule has 1 aromatic carbocycles. The molecule has 0 spiro atoms. The van der Waals surface area contributed by atoms with Gasteiger partial charge >= 0.3 is 0 Å². The second-order valence-corrected chi connectivity index (χ2v) is 7.98.